The van der Waals surface area contributed by atoms with Gasteiger partial charge in [0.25, 0.3) is 0 Å². The van der Waals surface area contributed by atoms with Gasteiger partial charge in [0.05, 0.1) is 0 Å². The van der Waals surface area contributed by atoms with Crippen LogP contribution in [0.2, 0.25) is 0 Å². The zero-order chi connectivity index (χ0) is 0. The van der Waals surface area contributed by atoms with E-state index in [4.69, 9.17) is 0 Å². The van der Waals surface area contributed by atoms with Gasteiger partial charge in [-0.1, -0.05) is 0 Å². The van der Waals surface area contributed by atoms with E-state index < -0.39 is 0 Å². The van der Waals surface area contributed by atoms with Gasteiger partial charge in [0, 0.05) is 142 Å². The first-order valence-electron chi connectivity index (χ1n) is 0. The molecule has 0 fully saturated rings. The summed E-state index contributed by atoms with van der Waals surface area (Å²) >= 11 is 0. The van der Waals surface area contributed by atoms with E-state index in [1.807, 2.05) is 0 Å². The number of hydrogen-bond donors (Lipinski definition) is 0. The van der Waals surface area contributed by atoms with Crippen molar-refractivity contribution >= 4 is 68.6 Å². The standard InChI is InChI=1S/Al.Cd.Co.Cu.Fe.Hg.Ni.Pb.Sn.Zn.7H. The van der Waals surface area contributed by atoms with Crippen LogP contribution in [-0.2, 0) is 142 Å². The Hall–Kier alpha value is 6.77. The summed E-state index contributed by atoms with van der Waals surface area (Å²) in [6.45, 7) is 0. The second-order valence-corrected chi connectivity index (χ2v) is 0. The minimum atomic E-state index is 0. The third-order valence-electron chi connectivity index (χ3n) is 0. The van der Waals surface area contributed by atoms with E-state index in [-0.39, 0.29) is 210 Å². The molecule has 0 spiro atoms. The molecule has 0 aliphatic heterocycles. The molecule has 0 nitrogen and oxygen atoms in total. The topological polar surface area (TPSA) is 0 Å². The van der Waals surface area contributed by atoms with Crippen molar-refractivity contribution in [1.29, 1.82) is 0 Å². The fourth-order valence-corrected chi connectivity index (χ4v) is 0. The molecule has 0 amide bonds. The van der Waals surface area contributed by atoms with Crippen molar-refractivity contribution in [2.24, 2.45) is 0 Å². The third-order valence-corrected chi connectivity index (χ3v) is 0. The minimum absolute atomic E-state index is 0. The molecule has 0 aliphatic carbocycles. The van der Waals surface area contributed by atoms with Crippen LogP contribution in [0, 0.1) is 0 Å². The van der Waals surface area contributed by atoms with Gasteiger partial charge in [0.1, 0.15) is 0 Å². The zero-order valence-corrected chi connectivity index (χ0v) is 30.9. The predicted octanol–water partition coefficient (Wildman–Crippen LogP) is -3.03. The van der Waals surface area contributed by atoms with Crippen LogP contribution in [0.3, 0.4) is 0 Å². The molecule has 6 radical (unpaired) electrons. The fourth-order valence-electron chi connectivity index (χ4n) is 0. The van der Waals surface area contributed by atoms with Crippen molar-refractivity contribution in [2.75, 3.05) is 0 Å². The van der Waals surface area contributed by atoms with E-state index >= 15 is 0 Å². The van der Waals surface area contributed by atoms with Gasteiger partial charge in [-0.25, -0.2) is 0 Å². The average Bonchev–Trinajstić information content (AvgIpc) is 0. The van der Waals surface area contributed by atoms with E-state index in [0.29, 0.717) is 0 Å². The molecule has 0 saturated heterocycles. The van der Waals surface area contributed by atoms with Crippen molar-refractivity contribution in [3.63, 3.8) is 0 Å². The molecule has 0 aliphatic rings. The molecule has 0 aromatic carbocycles. The van der Waals surface area contributed by atoms with Crippen LogP contribution in [0.1, 0.15) is 0 Å². The maximum atomic E-state index is 0. The summed E-state index contributed by atoms with van der Waals surface area (Å²) in [7, 11) is 0. The van der Waals surface area contributed by atoms with Gasteiger partial charge in [-0.2, -0.15) is 0 Å². The summed E-state index contributed by atoms with van der Waals surface area (Å²) in [4.78, 5) is 0. The summed E-state index contributed by atoms with van der Waals surface area (Å²) in [5.74, 6) is 0. The largest absolute Gasteiger partial charge is 0 e. The van der Waals surface area contributed by atoms with E-state index in [2.05, 4.69) is 0 Å². The van der Waals surface area contributed by atoms with Gasteiger partial charge in [0.2, 0.25) is 0 Å². The van der Waals surface area contributed by atoms with Crippen molar-refractivity contribution in [3.8, 4) is 0 Å². The summed E-state index contributed by atoms with van der Waals surface area (Å²) in [6, 6.07) is 0. The molecular weight excluding hydrogens is 968 g/mol. The molecule has 10 heteroatoms. The third kappa shape index (κ3) is 61.1. The Morgan fingerprint density at radius 3 is 1.00 bits per heavy atom. The van der Waals surface area contributed by atoms with Crippen LogP contribution in [0.15, 0.2) is 0 Å². The van der Waals surface area contributed by atoms with Crippen LogP contribution in [0.25, 0.3) is 0 Å². The first-order chi connectivity index (χ1) is 0. The maximum absolute atomic E-state index is 0. The maximum Gasteiger partial charge on any atom is 0 e. The van der Waals surface area contributed by atoms with Gasteiger partial charge < -0.3 is 0 Å². The van der Waals surface area contributed by atoms with Gasteiger partial charge >= 0.3 is 51.2 Å². The molecular formula is H7AlCdCoCuFeHgNiPbSnZn. The van der Waals surface area contributed by atoms with Gasteiger partial charge in [-0.05, 0) is 0 Å². The number of hydrogen-bond acceptors (Lipinski definition) is 0. The van der Waals surface area contributed by atoms with E-state index in [0.717, 1.165) is 0 Å². The Labute approximate surface area is 205 Å². The van der Waals surface area contributed by atoms with Gasteiger partial charge in [0.15, 0.2) is 17.4 Å². The van der Waals surface area contributed by atoms with E-state index in [9.17, 15) is 0 Å². The van der Waals surface area contributed by atoms with Crippen molar-refractivity contribution in [1.82, 2.24) is 0 Å². The molecule has 0 aromatic heterocycles. The van der Waals surface area contributed by atoms with Crippen LogP contribution >= 0.6 is 0 Å². The Morgan fingerprint density at radius 1 is 1.00 bits per heavy atom. The summed E-state index contributed by atoms with van der Waals surface area (Å²) in [5, 5.41) is 0. The Bertz CT molecular complexity index is 33.2. The molecule has 0 saturated carbocycles. The Balaban J connectivity index is 0. The molecule has 0 heterocycles. The molecule has 0 atom stereocenters. The van der Waals surface area contributed by atoms with Crippen molar-refractivity contribution < 1.29 is 142 Å². The quantitative estimate of drug-likeness (QED) is 0.227. The minimum Gasteiger partial charge on any atom is 0 e. The first-order valence-corrected chi connectivity index (χ1v) is 0. The monoisotopic (exact) mass is 977 g/mol. The average molecular weight is 975 g/mol. The van der Waals surface area contributed by atoms with E-state index in [1.165, 1.54) is 0 Å². The molecule has 0 rings (SSSR count). The Kier molecular flexibility index (Phi) is 683. The van der Waals surface area contributed by atoms with Gasteiger partial charge in [-0.3, -0.25) is 0 Å². The molecule has 10 heavy (non-hydrogen) atoms. The molecule has 0 bridgehead atoms. The zero-order valence-electron chi connectivity index (χ0n) is 4.84. The SMILES string of the molecule is [AlH3].[Cd].[Co].[Cu].[Fe].[Hg].[Ni].[PbH2].[SnH2].[Zn]. The Morgan fingerprint density at radius 2 is 1.00 bits per heavy atom. The second-order valence-electron chi connectivity index (χ2n) is 0. The smallest absolute Gasteiger partial charge is 0 e. The number of rotatable bonds is 0. The second kappa shape index (κ2) is 75.0. The van der Waals surface area contributed by atoms with Crippen molar-refractivity contribution in [3.05, 3.63) is 0 Å². The van der Waals surface area contributed by atoms with Crippen molar-refractivity contribution in [2.45, 2.75) is 0 Å². The molecule has 0 unspecified atom stereocenters. The summed E-state index contributed by atoms with van der Waals surface area (Å²) in [5.41, 5.74) is 0. The van der Waals surface area contributed by atoms with Crippen LogP contribution in [0.4, 0.5) is 0 Å². The van der Waals surface area contributed by atoms with Crippen LogP contribution < -0.4 is 0 Å². The van der Waals surface area contributed by atoms with E-state index in [1.54, 1.807) is 0 Å². The summed E-state index contributed by atoms with van der Waals surface area (Å²) in [6.07, 6.45) is 0. The molecule has 0 aromatic rings. The van der Waals surface area contributed by atoms with Crippen LogP contribution in [-0.4, -0.2) is 68.6 Å². The molecule has 0 N–H and O–H groups in total. The molecule has 62 valence electrons. The normalized spacial score (nSPS) is 0. The summed E-state index contributed by atoms with van der Waals surface area (Å²) < 4.78 is 0. The fraction of sp³-hybridized carbons (Fsp3) is 0. The first kappa shape index (κ1) is 91.0. The van der Waals surface area contributed by atoms with Crippen LogP contribution in [0.5, 0.6) is 0 Å². The predicted molar refractivity (Wildman–Crippen MR) is 27.0 cm³/mol. The van der Waals surface area contributed by atoms with Gasteiger partial charge in [-0.15, -0.1) is 0 Å².